The number of nitrogens with zero attached hydrogens (tertiary/aromatic N) is 1. The van der Waals surface area contributed by atoms with Gasteiger partial charge < -0.3 is 14.9 Å². The maximum atomic E-state index is 12.6. The molecule has 0 bridgehead atoms. The van der Waals surface area contributed by atoms with Crippen LogP contribution in [-0.4, -0.2) is 61.3 Å². The second-order valence-electron chi connectivity index (χ2n) is 4.53. The highest BCUT2D eigenvalue weighted by Crippen LogP contribution is 2.31. The van der Waals surface area contributed by atoms with Crippen LogP contribution in [0.15, 0.2) is 10.3 Å². The van der Waals surface area contributed by atoms with Gasteiger partial charge in [-0.25, -0.2) is 13.2 Å². The summed E-state index contributed by atoms with van der Waals surface area (Å²) in [7, 11) is -2.78. The molecule has 2 rings (SSSR count). The molecule has 0 unspecified atom stereocenters. The predicted octanol–water partition coefficient (Wildman–Crippen LogP) is -0.431. The van der Waals surface area contributed by atoms with E-state index in [1.54, 1.807) is 12.3 Å². The molecule has 1 aliphatic heterocycles. The highest BCUT2D eigenvalue weighted by molar-refractivity contribution is 7.89. The van der Waals surface area contributed by atoms with E-state index >= 15 is 0 Å². The van der Waals surface area contributed by atoms with Gasteiger partial charge in [0.1, 0.15) is 9.77 Å². The number of rotatable bonds is 3. The van der Waals surface area contributed by atoms with Gasteiger partial charge in [-0.15, -0.1) is 11.3 Å². The molecule has 0 spiro atoms. The van der Waals surface area contributed by atoms with Crippen molar-refractivity contribution in [2.45, 2.75) is 24.0 Å². The van der Waals surface area contributed by atoms with Gasteiger partial charge in [0.25, 0.3) is 0 Å². The normalized spacial score (nSPS) is 24.0. The van der Waals surface area contributed by atoms with E-state index in [-0.39, 0.29) is 22.9 Å². The Bertz CT molecular complexity index is 613. The lowest BCUT2D eigenvalue weighted by atomic mass is 10.3. The highest BCUT2D eigenvalue weighted by atomic mass is 32.2. The van der Waals surface area contributed by atoms with Crippen molar-refractivity contribution in [3.8, 4) is 0 Å². The zero-order valence-corrected chi connectivity index (χ0v) is 12.6. The highest BCUT2D eigenvalue weighted by Gasteiger charge is 2.40. The molecule has 112 valence electrons. The van der Waals surface area contributed by atoms with E-state index in [1.165, 1.54) is 7.11 Å². The lowest BCUT2D eigenvalue weighted by Crippen LogP contribution is -2.31. The number of hydrogen-bond acceptors (Lipinski definition) is 7. The molecule has 1 fully saturated rings. The molecule has 2 atom stereocenters. The van der Waals surface area contributed by atoms with Gasteiger partial charge in [-0.1, -0.05) is 0 Å². The van der Waals surface area contributed by atoms with Crippen LogP contribution in [-0.2, 0) is 14.8 Å². The topological polar surface area (TPSA) is 104 Å². The molecule has 9 heteroatoms. The van der Waals surface area contributed by atoms with Crippen LogP contribution in [0.25, 0.3) is 0 Å². The van der Waals surface area contributed by atoms with Gasteiger partial charge in [0.2, 0.25) is 10.0 Å². The zero-order valence-electron chi connectivity index (χ0n) is 10.9. The van der Waals surface area contributed by atoms with Crippen molar-refractivity contribution < 1.29 is 28.2 Å². The number of methoxy groups -OCH3 is 1. The summed E-state index contributed by atoms with van der Waals surface area (Å²) in [6.07, 6.45) is -2.24. The SMILES string of the molecule is COC(=O)c1scc(C)c1S(=O)(=O)N1C[C@@H](O)[C@@H](O)C1. The first-order valence-electron chi connectivity index (χ1n) is 5.81. The van der Waals surface area contributed by atoms with Crippen molar-refractivity contribution >= 4 is 27.3 Å². The van der Waals surface area contributed by atoms with E-state index in [9.17, 15) is 23.4 Å². The van der Waals surface area contributed by atoms with E-state index in [2.05, 4.69) is 4.74 Å². The Morgan fingerprint density at radius 3 is 2.45 bits per heavy atom. The van der Waals surface area contributed by atoms with Crippen molar-refractivity contribution in [2.75, 3.05) is 20.2 Å². The van der Waals surface area contributed by atoms with Gasteiger partial charge in [-0.2, -0.15) is 4.31 Å². The Balaban J connectivity index is 2.45. The van der Waals surface area contributed by atoms with Crippen LogP contribution in [0.1, 0.15) is 15.2 Å². The van der Waals surface area contributed by atoms with Gasteiger partial charge in [0.15, 0.2) is 0 Å². The van der Waals surface area contributed by atoms with Crippen LogP contribution in [0.3, 0.4) is 0 Å². The Kier molecular flexibility index (Phi) is 4.17. The summed E-state index contributed by atoms with van der Waals surface area (Å²) in [4.78, 5) is 11.5. The fourth-order valence-corrected chi connectivity index (χ4v) is 5.18. The van der Waals surface area contributed by atoms with Crippen LogP contribution in [0.5, 0.6) is 0 Å². The number of aliphatic hydroxyl groups excluding tert-OH is 2. The zero-order chi connectivity index (χ0) is 15.1. The van der Waals surface area contributed by atoms with Gasteiger partial charge in [0.05, 0.1) is 19.3 Å². The number of carbonyl (C=O) groups is 1. The van der Waals surface area contributed by atoms with Crippen molar-refractivity contribution in [2.24, 2.45) is 0 Å². The van der Waals surface area contributed by atoms with Crippen molar-refractivity contribution in [3.63, 3.8) is 0 Å². The molecule has 2 heterocycles. The minimum Gasteiger partial charge on any atom is -0.465 e. The molecule has 0 saturated carbocycles. The quantitative estimate of drug-likeness (QED) is 0.732. The number of carbonyl (C=O) groups excluding carboxylic acids is 1. The fourth-order valence-electron chi connectivity index (χ4n) is 2.05. The summed E-state index contributed by atoms with van der Waals surface area (Å²) >= 11 is 0.991. The third kappa shape index (κ3) is 2.47. The maximum absolute atomic E-state index is 12.6. The third-order valence-electron chi connectivity index (χ3n) is 3.11. The Morgan fingerprint density at radius 1 is 1.40 bits per heavy atom. The summed E-state index contributed by atoms with van der Waals surface area (Å²) < 4.78 is 30.7. The maximum Gasteiger partial charge on any atom is 0.349 e. The Morgan fingerprint density at radius 2 is 1.95 bits per heavy atom. The first kappa shape index (κ1) is 15.4. The second-order valence-corrected chi connectivity index (χ2v) is 7.28. The van der Waals surface area contributed by atoms with E-state index in [4.69, 9.17) is 0 Å². The molecule has 1 aromatic rings. The van der Waals surface area contributed by atoms with Crippen LogP contribution >= 0.6 is 11.3 Å². The summed E-state index contributed by atoms with van der Waals surface area (Å²) in [6.45, 7) is 1.19. The van der Waals surface area contributed by atoms with Gasteiger partial charge in [-0.05, 0) is 17.9 Å². The van der Waals surface area contributed by atoms with Crippen molar-refractivity contribution in [1.29, 1.82) is 0 Å². The van der Waals surface area contributed by atoms with Gasteiger partial charge in [0, 0.05) is 13.1 Å². The lowest BCUT2D eigenvalue weighted by Gasteiger charge is -2.16. The van der Waals surface area contributed by atoms with Crippen LogP contribution < -0.4 is 0 Å². The number of ether oxygens (including phenoxy) is 1. The number of β-amino-alcohol motifs (C(OH)–C–C–N with tert-alkyl or cyclic N) is 2. The summed E-state index contributed by atoms with van der Waals surface area (Å²) in [5.41, 5.74) is 0.436. The number of thiophene rings is 1. The number of sulfonamides is 1. The lowest BCUT2D eigenvalue weighted by molar-refractivity contribution is 0.0572. The van der Waals surface area contributed by atoms with Crippen molar-refractivity contribution in [3.05, 3.63) is 15.8 Å². The molecule has 1 saturated heterocycles. The predicted molar refractivity (Wildman–Crippen MR) is 71.2 cm³/mol. The Labute approximate surface area is 120 Å². The van der Waals surface area contributed by atoms with Crippen LogP contribution in [0.4, 0.5) is 0 Å². The van der Waals surface area contributed by atoms with E-state index in [0.717, 1.165) is 15.6 Å². The van der Waals surface area contributed by atoms with Gasteiger partial charge >= 0.3 is 5.97 Å². The molecule has 0 radical (unpaired) electrons. The molecule has 0 amide bonds. The second kappa shape index (κ2) is 5.41. The standard InChI is InChI=1S/C11H15NO6S2/c1-6-5-19-9(11(15)18-2)10(6)20(16,17)12-3-7(13)8(14)4-12/h5,7-8,13-14H,3-4H2,1-2H3/t7-,8+. The summed E-state index contributed by atoms with van der Waals surface area (Å²) in [5, 5.41) is 20.5. The number of aryl methyl sites for hydroxylation is 1. The largest absolute Gasteiger partial charge is 0.465 e. The molecular weight excluding hydrogens is 306 g/mol. The number of aliphatic hydroxyl groups is 2. The Hall–Kier alpha value is -1.00. The van der Waals surface area contributed by atoms with E-state index < -0.39 is 28.2 Å². The molecule has 0 aromatic carbocycles. The van der Waals surface area contributed by atoms with E-state index in [0.29, 0.717) is 5.56 Å². The molecule has 7 nitrogen and oxygen atoms in total. The average molecular weight is 321 g/mol. The third-order valence-corrected chi connectivity index (χ3v) is 6.34. The minimum absolute atomic E-state index is 0.000814. The molecule has 1 aliphatic rings. The fraction of sp³-hybridized carbons (Fsp3) is 0.545. The number of esters is 1. The van der Waals surface area contributed by atoms with Crippen molar-refractivity contribution in [1.82, 2.24) is 4.31 Å². The monoisotopic (exact) mass is 321 g/mol. The molecule has 0 aliphatic carbocycles. The first-order valence-corrected chi connectivity index (χ1v) is 8.13. The van der Waals surface area contributed by atoms with Crippen LogP contribution in [0.2, 0.25) is 0 Å². The summed E-state index contributed by atoms with van der Waals surface area (Å²) in [6, 6.07) is 0. The molecule has 2 N–H and O–H groups in total. The number of hydrogen-bond donors (Lipinski definition) is 2. The minimum atomic E-state index is -3.95. The molecular formula is C11H15NO6S2. The smallest absolute Gasteiger partial charge is 0.349 e. The molecule has 1 aromatic heterocycles. The first-order chi connectivity index (χ1) is 9.28. The van der Waals surface area contributed by atoms with Crippen LogP contribution in [0, 0.1) is 6.92 Å². The van der Waals surface area contributed by atoms with Gasteiger partial charge in [-0.3, -0.25) is 0 Å². The van der Waals surface area contributed by atoms with E-state index in [1.807, 2.05) is 0 Å². The molecule has 20 heavy (non-hydrogen) atoms. The summed E-state index contributed by atoms with van der Waals surface area (Å²) in [5.74, 6) is -0.720. The average Bonchev–Trinajstić information content (AvgIpc) is 2.93.